The van der Waals surface area contributed by atoms with Gasteiger partial charge >= 0.3 is 0 Å². The Morgan fingerprint density at radius 3 is 2.88 bits per heavy atom. The molecule has 2 nitrogen and oxygen atoms in total. The van der Waals surface area contributed by atoms with Gasteiger partial charge in [-0.25, -0.2) is 4.39 Å². The summed E-state index contributed by atoms with van der Waals surface area (Å²) < 4.78 is 14.5. The first-order valence-electron chi connectivity index (χ1n) is 5.28. The summed E-state index contributed by atoms with van der Waals surface area (Å²) in [7, 11) is 0. The van der Waals surface area contributed by atoms with Crippen LogP contribution in [0.4, 0.5) is 10.1 Å². The molecule has 0 saturated carbocycles. The van der Waals surface area contributed by atoms with Crippen molar-refractivity contribution in [3.8, 4) is 0 Å². The lowest BCUT2D eigenvalue weighted by molar-refractivity contribution is 0.600. The van der Waals surface area contributed by atoms with Gasteiger partial charge in [0.2, 0.25) is 0 Å². The van der Waals surface area contributed by atoms with E-state index in [1.165, 1.54) is 6.07 Å². The maximum atomic E-state index is 13.6. The zero-order valence-electron chi connectivity index (χ0n) is 9.32. The Kier molecular flexibility index (Phi) is 3.74. The summed E-state index contributed by atoms with van der Waals surface area (Å²) in [5.41, 5.74) is 1.50. The topological polar surface area (TPSA) is 24.9 Å². The lowest BCUT2D eigenvalue weighted by Crippen LogP contribution is -2.08. The van der Waals surface area contributed by atoms with Crippen molar-refractivity contribution in [2.75, 3.05) is 5.32 Å². The van der Waals surface area contributed by atoms with Gasteiger partial charge < -0.3 is 5.32 Å². The molecule has 1 aromatic carbocycles. The van der Waals surface area contributed by atoms with Crippen LogP contribution in [-0.2, 0) is 0 Å². The first-order valence-corrected chi connectivity index (χ1v) is 6.07. The molecule has 2 rings (SSSR count). The van der Waals surface area contributed by atoms with E-state index in [1.54, 1.807) is 24.5 Å². The number of pyridine rings is 1. The zero-order chi connectivity index (χ0) is 12.3. The average Bonchev–Trinajstić information content (AvgIpc) is 2.33. The molecule has 0 radical (unpaired) electrons. The third-order valence-electron chi connectivity index (χ3n) is 2.47. The molecule has 4 heteroatoms. The summed E-state index contributed by atoms with van der Waals surface area (Å²) >= 11 is 3.34. The van der Waals surface area contributed by atoms with E-state index in [1.807, 2.05) is 19.1 Å². The highest BCUT2D eigenvalue weighted by Gasteiger charge is 2.11. The molecule has 0 saturated heterocycles. The van der Waals surface area contributed by atoms with Gasteiger partial charge in [0.05, 0.1) is 11.7 Å². The van der Waals surface area contributed by atoms with E-state index in [4.69, 9.17) is 0 Å². The second-order valence-electron chi connectivity index (χ2n) is 3.77. The molecule has 0 fully saturated rings. The van der Waals surface area contributed by atoms with Crippen LogP contribution < -0.4 is 5.32 Å². The molecule has 0 spiro atoms. The molecule has 0 aliphatic carbocycles. The molecule has 1 atom stereocenters. The quantitative estimate of drug-likeness (QED) is 0.919. The molecule has 1 heterocycles. The normalized spacial score (nSPS) is 12.2. The van der Waals surface area contributed by atoms with Gasteiger partial charge in [-0.2, -0.15) is 0 Å². The molecule has 0 bridgehead atoms. The Morgan fingerprint density at radius 2 is 2.18 bits per heavy atom. The van der Waals surface area contributed by atoms with Crippen molar-refractivity contribution >= 4 is 21.6 Å². The molecule has 88 valence electrons. The van der Waals surface area contributed by atoms with Gasteiger partial charge in [0.1, 0.15) is 5.82 Å². The second kappa shape index (κ2) is 5.27. The van der Waals surface area contributed by atoms with Gasteiger partial charge in [-0.1, -0.05) is 15.9 Å². The van der Waals surface area contributed by atoms with Crippen LogP contribution in [0, 0.1) is 5.82 Å². The monoisotopic (exact) mass is 294 g/mol. The van der Waals surface area contributed by atoms with Gasteiger partial charge in [-0.05, 0) is 37.3 Å². The van der Waals surface area contributed by atoms with Crippen LogP contribution in [0.3, 0.4) is 0 Å². The summed E-state index contributed by atoms with van der Waals surface area (Å²) in [5, 5.41) is 3.20. The minimum absolute atomic E-state index is 0.114. The minimum atomic E-state index is -0.211. The highest BCUT2D eigenvalue weighted by atomic mass is 79.9. The number of hydrogen-bond donors (Lipinski definition) is 1. The fourth-order valence-corrected chi connectivity index (χ4v) is 2.00. The highest BCUT2D eigenvalue weighted by Crippen LogP contribution is 2.24. The summed E-state index contributed by atoms with van der Waals surface area (Å²) in [6, 6.07) is 8.56. The number of halogens is 2. The Balaban J connectivity index is 2.20. The number of hydrogen-bond acceptors (Lipinski definition) is 2. The molecule has 1 unspecified atom stereocenters. The maximum absolute atomic E-state index is 13.6. The molecular weight excluding hydrogens is 283 g/mol. The van der Waals surface area contributed by atoms with Gasteiger partial charge in [-0.3, -0.25) is 4.98 Å². The van der Waals surface area contributed by atoms with E-state index in [9.17, 15) is 4.39 Å². The van der Waals surface area contributed by atoms with Crippen molar-refractivity contribution in [2.45, 2.75) is 13.0 Å². The summed E-state index contributed by atoms with van der Waals surface area (Å²) in [4.78, 5) is 4.01. The van der Waals surface area contributed by atoms with Crippen LogP contribution in [0.15, 0.2) is 47.2 Å². The number of rotatable bonds is 3. The van der Waals surface area contributed by atoms with Crippen molar-refractivity contribution in [3.63, 3.8) is 0 Å². The number of aromatic nitrogens is 1. The Morgan fingerprint density at radius 1 is 1.35 bits per heavy atom. The first-order chi connectivity index (χ1) is 8.16. The predicted octanol–water partition coefficient (Wildman–Crippen LogP) is 4.16. The van der Waals surface area contributed by atoms with Gasteiger partial charge in [0.25, 0.3) is 0 Å². The fraction of sp³-hybridized carbons (Fsp3) is 0.154. The van der Waals surface area contributed by atoms with Crippen LogP contribution in [0.1, 0.15) is 18.5 Å². The van der Waals surface area contributed by atoms with Gasteiger partial charge in [0.15, 0.2) is 0 Å². The van der Waals surface area contributed by atoms with Gasteiger partial charge in [0, 0.05) is 22.4 Å². The minimum Gasteiger partial charge on any atom is -0.377 e. The molecule has 0 amide bonds. The van der Waals surface area contributed by atoms with E-state index < -0.39 is 0 Å². The largest absolute Gasteiger partial charge is 0.377 e. The first kappa shape index (κ1) is 12.0. The second-order valence-corrected chi connectivity index (χ2v) is 4.69. The Labute approximate surface area is 108 Å². The summed E-state index contributed by atoms with van der Waals surface area (Å²) in [5.74, 6) is -0.211. The molecule has 17 heavy (non-hydrogen) atoms. The van der Waals surface area contributed by atoms with E-state index in [0.717, 1.165) is 10.2 Å². The molecule has 1 N–H and O–H groups in total. The Hall–Kier alpha value is -1.42. The summed E-state index contributed by atoms with van der Waals surface area (Å²) in [6.07, 6.45) is 3.42. The van der Waals surface area contributed by atoms with Crippen LogP contribution >= 0.6 is 15.9 Å². The summed E-state index contributed by atoms with van der Waals surface area (Å²) in [6.45, 7) is 1.91. The van der Waals surface area contributed by atoms with E-state index in [2.05, 4.69) is 26.2 Å². The Bertz CT molecular complexity index is 502. The van der Waals surface area contributed by atoms with Crippen LogP contribution in [0.2, 0.25) is 0 Å². The number of nitrogens with zero attached hydrogens (tertiary/aromatic N) is 1. The van der Waals surface area contributed by atoms with E-state index in [0.29, 0.717) is 5.56 Å². The zero-order valence-corrected chi connectivity index (χ0v) is 10.9. The number of nitrogens with one attached hydrogen (secondary N) is 1. The van der Waals surface area contributed by atoms with Crippen molar-refractivity contribution in [1.29, 1.82) is 0 Å². The predicted molar refractivity (Wildman–Crippen MR) is 70.4 cm³/mol. The third-order valence-corrected chi connectivity index (χ3v) is 2.96. The average molecular weight is 295 g/mol. The third kappa shape index (κ3) is 3.03. The molecular formula is C13H12BrFN2. The van der Waals surface area contributed by atoms with Crippen molar-refractivity contribution < 1.29 is 4.39 Å². The molecule has 1 aromatic heterocycles. The number of anilines is 1. The maximum Gasteiger partial charge on any atom is 0.128 e. The van der Waals surface area contributed by atoms with Crippen molar-refractivity contribution in [2.24, 2.45) is 0 Å². The SMILES string of the molecule is CC(Nc1cccnc1)c1cc(Br)ccc1F. The fourth-order valence-electron chi connectivity index (χ4n) is 1.62. The van der Waals surface area contributed by atoms with E-state index in [-0.39, 0.29) is 11.9 Å². The molecule has 2 aromatic rings. The van der Waals surface area contributed by atoms with Crippen molar-refractivity contribution in [1.82, 2.24) is 4.98 Å². The van der Waals surface area contributed by atoms with Crippen molar-refractivity contribution in [3.05, 3.63) is 58.6 Å². The van der Waals surface area contributed by atoms with E-state index >= 15 is 0 Å². The molecule has 0 aliphatic rings. The lowest BCUT2D eigenvalue weighted by atomic mass is 10.1. The van der Waals surface area contributed by atoms with Crippen LogP contribution in [0.25, 0.3) is 0 Å². The van der Waals surface area contributed by atoms with Crippen LogP contribution in [-0.4, -0.2) is 4.98 Å². The lowest BCUT2D eigenvalue weighted by Gasteiger charge is -2.16. The number of benzene rings is 1. The van der Waals surface area contributed by atoms with Gasteiger partial charge in [-0.15, -0.1) is 0 Å². The molecule has 0 aliphatic heterocycles. The van der Waals surface area contributed by atoms with Crippen LogP contribution in [0.5, 0.6) is 0 Å². The highest BCUT2D eigenvalue weighted by molar-refractivity contribution is 9.10. The standard InChI is InChI=1S/C13H12BrFN2/c1-9(17-11-3-2-6-16-8-11)12-7-10(14)4-5-13(12)15/h2-9,17H,1H3. The smallest absolute Gasteiger partial charge is 0.128 e.